The van der Waals surface area contributed by atoms with Gasteiger partial charge in [-0.1, -0.05) is 65.7 Å². The van der Waals surface area contributed by atoms with E-state index in [1.165, 1.54) is 75.7 Å². The van der Waals surface area contributed by atoms with Crippen LogP contribution < -0.4 is 0 Å². The molecule has 0 rings (SSSR count). The maximum absolute atomic E-state index is 2.30. The third-order valence-electron chi connectivity index (χ3n) is 3.15. The second kappa shape index (κ2) is 15.8. The lowest BCUT2D eigenvalue weighted by Gasteiger charge is -2.16. The van der Waals surface area contributed by atoms with Gasteiger partial charge < -0.3 is 0 Å². The number of thioether (sulfide) groups is 2. The van der Waals surface area contributed by atoms with E-state index in [1.54, 1.807) is 0 Å². The lowest BCUT2D eigenvalue weighted by molar-refractivity contribution is 0.622. The standard InChI is InChI=1S/C16H34S2/c1-4-7-10-11-12-13-16(17-14-8-5-2)18-15-9-6-3/h16H,4-15H2,1-3H3. The van der Waals surface area contributed by atoms with Gasteiger partial charge in [-0.05, 0) is 30.8 Å². The third-order valence-corrected chi connectivity index (χ3v) is 6.23. The van der Waals surface area contributed by atoms with Crippen molar-refractivity contribution in [3.05, 3.63) is 0 Å². The summed E-state index contributed by atoms with van der Waals surface area (Å²) in [5.74, 6) is 2.74. The molecule has 2 heteroatoms. The number of unbranched alkanes of at least 4 members (excludes halogenated alkanes) is 6. The van der Waals surface area contributed by atoms with Gasteiger partial charge in [-0.3, -0.25) is 0 Å². The molecule has 0 aromatic carbocycles. The van der Waals surface area contributed by atoms with Gasteiger partial charge in [0.05, 0.1) is 4.58 Å². The zero-order valence-corrected chi connectivity index (χ0v) is 14.5. The van der Waals surface area contributed by atoms with Crippen molar-refractivity contribution < 1.29 is 0 Å². The molecule has 0 aliphatic rings. The quantitative estimate of drug-likeness (QED) is 0.257. The molecule has 0 unspecified atom stereocenters. The van der Waals surface area contributed by atoms with Crippen molar-refractivity contribution in [2.75, 3.05) is 11.5 Å². The van der Waals surface area contributed by atoms with Gasteiger partial charge in [0.1, 0.15) is 0 Å². The van der Waals surface area contributed by atoms with Gasteiger partial charge in [0.2, 0.25) is 0 Å². The van der Waals surface area contributed by atoms with E-state index in [0.717, 1.165) is 4.58 Å². The Morgan fingerprint density at radius 1 is 0.611 bits per heavy atom. The van der Waals surface area contributed by atoms with E-state index in [9.17, 15) is 0 Å². The number of hydrogen-bond donors (Lipinski definition) is 0. The Hall–Kier alpha value is 0.700. The highest BCUT2D eigenvalue weighted by Gasteiger charge is 2.08. The third kappa shape index (κ3) is 13.1. The summed E-state index contributed by atoms with van der Waals surface area (Å²) in [5, 5.41) is 0. The van der Waals surface area contributed by atoms with Gasteiger partial charge in [0.15, 0.2) is 0 Å². The zero-order chi connectivity index (χ0) is 13.5. The Morgan fingerprint density at radius 3 is 1.61 bits per heavy atom. The molecule has 0 bridgehead atoms. The predicted molar refractivity (Wildman–Crippen MR) is 91.9 cm³/mol. The van der Waals surface area contributed by atoms with Crippen LogP contribution in [0.3, 0.4) is 0 Å². The van der Waals surface area contributed by atoms with Crippen LogP contribution in [0.15, 0.2) is 0 Å². The molecule has 0 amide bonds. The van der Waals surface area contributed by atoms with E-state index >= 15 is 0 Å². The predicted octanol–water partition coefficient (Wildman–Crippen LogP) is 6.74. The van der Waals surface area contributed by atoms with Crippen molar-refractivity contribution in [2.24, 2.45) is 0 Å². The Morgan fingerprint density at radius 2 is 1.11 bits per heavy atom. The van der Waals surface area contributed by atoms with Crippen molar-refractivity contribution >= 4 is 23.5 Å². The average Bonchev–Trinajstić information content (AvgIpc) is 2.38. The molecule has 0 saturated heterocycles. The maximum atomic E-state index is 2.30. The summed E-state index contributed by atoms with van der Waals surface area (Å²) in [4.78, 5) is 0. The second-order valence-electron chi connectivity index (χ2n) is 5.08. The number of rotatable bonds is 14. The highest BCUT2D eigenvalue weighted by Crippen LogP contribution is 2.30. The van der Waals surface area contributed by atoms with Gasteiger partial charge in [-0.15, -0.1) is 23.5 Å². The van der Waals surface area contributed by atoms with E-state index < -0.39 is 0 Å². The Bertz CT molecular complexity index is 138. The summed E-state index contributed by atoms with van der Waals surface area (Å²) in [6, 6.07) is 0. The highest BCUT2D eigenvalue weighted by molar-refractivity contribution is 8.17. The molecule has 0 saturated carbocycles. The molecule has 0 aliphatic heterocycles. The minimum absolute atomic E-state index is 0.879. The van der Waals surface area contributed by atoms with Crippen molar-refractivity contribution in [1.29, 1.82) is 0 Å². The monoisotopic (exact) mass is 290 g/mol. The van der Waals surface area contributed by atoms with E-state index in [-0.39, 0.29) is 0 Å². The van der Waals surface area contributed by atoms with Crippen LogP contribution in [0.5, 0.6) is 0 Å². The fourth-order valence-corrected chi connectivity index (χ4v) is 4.91. The summed E-state index contributed by atoms with van der Waals surface area (Å²) in [7, 11) is 0. The van der Waals surface area contributed by atoms with E-state index in [4.69, 9.17) is 0 Å². The lowest BCUT2D eigenvalue weighted by Crippen LogP contribution is -2.00. The Kier molecular flexibility index (Phi) is 16.4. The summed E-state index contributed by atoms with van der Waals surface area (Å²) in [5.41, 5.74) is 0. The Balaban J connectivity index is 3.60. The molecule has 0 fully saturated rings. The zero-order valence-electron chi connectivity index (χ0n) is 12.9. The maximum Gasteiger partial charge on any atom is 0.0502 e. The fraction of sp³-hybridized carbons (Fsp3) is 1.00. The van der Waals surface area contributed by atoms with E-state index in [0.29, 0.717) is 0 Å². The first kappa shape index (κ1) is 18.7. The summed E-state index contributed by atoms with van der Waals surface area (Å²) >= 11 is 4.45. The van der Waals surface area contributed by atoms with Crippen molar-refractivity contribution in [2.45, 2.75) is 89.6 Å². The molecule has 0 aliphatic carbocycles. The summed E-state index contributed by atoms with van der Waals surface area (Å²) in [6.07, 6.45) is 14.0. The highest BCUT2D eigenvalue weighted by atomic mass is 32.2. The first-order valence-electron chi connectivity index (χ1n) is 8.08. The van der Waals surface area contributed by atoms with E-state index in [2.05, 4.69) is 44.3 Å². The summed E-state index contributed by atoms with van der Waals surface area (Å²) < 4.78 is 0.879. The van der Waals surface area contributed by atoms with Crippen LogP contribution in [0.4, 0.5) is 0 Å². The SMILES string of the molecule is CCCCCCCC(SCCCC)SCCCC. The fourth-order valence-electron chi connectivity index (χ4n) is 1.85. The smallest absolute Gasteiger partial charge is 0.0502 e. The van der Waals surface area contributed by atoms with Gasteiger partial charge in [0, 0.05) is 0 Å². The van der Waals surface area contributed by atoms with Crippen molar-refractivity contribution in [1.82, 2.24) is 0 Å². The van der Waals surface area contributed by atoms with Crippen LogP contribution in [0.1, 0.15) is 85.0 Å². The molecular formula is C16H34S2. The molecular weight excluding hydrogens is 256 g/mol. The minimum Gasteiger partial charge on any atom is -0.148 e. The van der Waals surface area contributed by atoms with E-state index in [1.807, 2.05) is 0 Å². The topological polar surface area (TPSA) is 0 Å². The Labute approximate surface area is 124 Å². The molecule has 0 aromatic rings. The van der Waals surface area contributed by atoms with Crippen LogP contribution in [-0.4, -0.2) is 16.1 Å². The average molecular weight is 291 g/mol. The molecule has 0 N–H and O–H groups in total. The minimum atomic E-state index is 0.879. The summed E-state index contributed by atoms with van der Waals surface area (Å²) in [6.45, 7) is 6.89. The first-order valence-corrected chi connectivity index (χ1v) is 10.2. The van der Waals surface area contributed by atoms with Crippen molar-refractivity contribution in [3.8, 4) is 0 Å². The first-order chi connectivity index (χ1) is 8.85. The molecule has 0 nitrogen and oxygen atoms in total. The van der Waals surface area contributed by atoms with Crippen LogP contribution >= 0.6 is 23.5 Å². The molecule has 0 spiro atoms. The molecule has 0 atom stereocenters. The van der Waals surface area contributed by atoms with Gasteiger partial charge in [-0.2, -0.15) is 0 Å². The normalized spacial score (nSPS) is 11.3. The van der Waals surface area contributed by atoms with Crippen LogP contribution in [-0.2, 0) is 0 Å². The largest absolute Gasteiger partial charge is 0.148 e. The van der Waals surface area contributed by atoms with Crippen LogP contribution in [0.25, 0.3) is 0 Å². The van der Waals surface area contributed by atoms with Gasteiger partial charge in [0.25, 0.3) is 0 Å². The van der Waals surface area contributed by atoms with Crippen LogP contribution in [0.2, 0.25) is 0 Å². The molecule has 18 heavy (non-hydrogen) atoms. The van der Waals surface area contributed by atoms with Crippen LogP contribution in [0, 0.1) is 0 Å². The molecule has 110 valence electrons. The molecule has 0 aromatic heterocycles. The second-order valence-corrected chi connectivity index (χ2v) is 8.00. The molecule has 0 heterocycles. The molecule has 0 radical (unpaired) electrons. The van der Waals surface area contributed by atoms with Gasteiger partial charge in [-0.25, -0.2) is 0 Å². The number of hydrogen-bond acceptors (Lipinski definition) is 2. The lowest BCUT2D eigenvalue weighted by atomic mass is 10.1. The van der Waals surface area contributed by atoms with Gasteiger partial charge >= 0.3 is 0 Å². The van der Waals surface area contributed by atoms with Crippen molar-refractivity contribution in [3.63, 3.8) is 0 Å².